The van der Waals surface area contributed by atoms with Gasteiger partial charge in [-0.2, -0.15) is 13.2 Å². The smallest absolute Gasteiger partial charge is 0.340 e. The molecule has 0 unspecified atom stereocenters. The molecular weight excluding hydrogens is 348 g/mol. The molecule has 0 saturated heterocycles. The van der Waals surface area contributed by atoms with Crippen molar-refractivity contribution in [1.82, 2.24) is 9.80 Å². The maximum Gasteiger partial charge on any atom is 0.416 e. The van der Waals surface area contributed by atoms with E-state index >= 15 is 0 Å². The lowest BCUT2D eigenvalue weighted by atomic mass is 10.1. The molecule has 0 heterocycles. The fraction of sp³-hybridized carbons (Fsp3) is 0.316. The minimum atomic E-state index is -4.43. The predicted molar refractivity (Wildman–Crippen MR) is 90.7 cm³/mol. The summed E-state index contributed by atoms with van der Waals surface area (Å²) < 4.78 is 52.0. The number of hydrogen-bond acceptors (Lipinski definition) is 2. The van der Waals surface area contributed by atoms with E-state index in [4.69, 9.17) is 0 Å². The fourth-order valence-corrected chi connectivity index (χ4v) is 2.58. The number of nitrogens with zero attached hydrogens (tertiary/aromatic N) is 2. The lowest BCUT2D eigenvalue weighted by Crippen LogP contribution is -2.36. The summed E-state index contributed by atoms with van der Waals surface area (Å²) in [4.78, 5) is 15.3. The molecule has 0 aromatic heterocycles. The molecule has 1 amide bonds. The van der Waals surface area contributed by atoms with Crippen LogP contribution in [0.2, 0.25) is 0 Å². The number of carbonyl (C=O) groups excluding carboxylic acids is 1. The zero-order valence-corrected chi connectivity index (χ0v) is 14.6. The highest BCUT2D eigenvalue weighted by molar-refractivity contribution is 5.77. The molecule has 3 nitrogen and oxygen atoms in total. The van der Waals surface area contributed by atoms with E-state index in [2.05, 4.69) is 0 Å². The van der Waals surface area contributed by atoms with E-state index in [0.29, 0.717) is 6.54 Å². The van der Waals surface area contributed by atoms with Crippen LogP contribution >= 0.6 is 0 Å². The van der Waals surface area contributed by atoms with Gasteiger partial charge in [0.25, 0.3) is 0 Å². The molecule has 2 rings (SSSR count). The van der Waals surface area contributed by atoms with Gasteiger partial charge in [-0.05, 0) is 36.4 Å². The van der Waals surface area contributed by atoms with Crippen LogP contribution in [0.3, 0.4) is 0 Å². The second kappa shape index (κ2) is 8.31. The van der Waals surface area contributed by atoms with E-state index in [9.17, 15) is 22.4 Å². The average Bonchev–Trinajstić information content (AvgIpc) is 2.56. The molecule has 2 aromatic carbocycles. The van der Waals surface area contributed by atoms with Gasteiger partial charge in [0.1, 0.15) is 5.82 Å². The van der Waals surface area contributed by atoms with E-state index in [1.54, 1.807) is 32.3 Å². The Morgan fingerprint density at radius 3 is 2.19 bits per heavy atom. The second-order valence-electron chi connectivity index (χ2n) is 6.20. The van der Waals surface area contributed by atoms with Gasteiger partial charge >= 0.3 is 6.18 Å². The van der Waals surface area contributed by atoms with Crippen LogP contribution in [0.25, 0.3) is 0 Å². The van der Waals surface area contributed by atoms with Gasteiger partial charge in [-0.1, -0.05) is 30.3 Å². The molecule has 0 fully saturated rings. The molecule has 0 aliphatic carbocycles. The quantitative estimate of drug-likeness (QED) is 0.722. The number of alkyl halides is 3. The third-order valence-corrected chi connectivity index (χ3v) is 3.93. The number of carbonyl (C=O) groups is 1. The summed E-state index contributed by atoms with van der Waals surface area (Å²) in [6, 6.07) is 11.1. The van der Waals surface area contributed by atoms with Gasteiger partial charge in [0.15, 0.2) is 0 Å². The average molecular weight is 368 g/mol. The summed E-state index contributed by atoms with van der Waals surface area (Å²) in [5.41, 5.74) is 0.197. The topological polar surface area (TPSA) is 23.6 Å². The van der Waals surface area contributed by atoms with Crippen LogP contribution in [0.5, 0.6) is 0 Å². The lowest BCUT2D eigenvalue weighted by molar-refractivity contribution is -0.138. The van der Waals surface area contributed by atoms with Gasteiger partial charge in [0, 0.05) is 20.1 Å². The summed E-state index contributed by atoms with van der Waals surface area (Å²) in [6.07, 6.45) is -4.43. The SMILES string of the molecule is CN(CC(=O)N(C)Cc1ccc(F)cc1)Cc1ccccc1C(F)(F)F. The van der Waals surface area contributed by atoms with Crippen LogP contribution in [-0.2, 0) is 24.1 Å². The molecule has 0 saturated carbocycles. The highest BCUT2D eigenvalue weighted by Crippen LogP contribution is 2.32. The standard InChI is InChI=1S/C19H20F4N2O/c1-24(12-15-5-3-4-6-17(15)19(21,22)23)13-18(26)25(2)11-14-7-9-16(20)10-8-14/h3-10H,11-13H2,1-2H3. The van der Waals surface area contributed by atoms with Crippen LogP contribution in [0, 0.1) is 5.82 Å². The molecule has 7 heteroatoms. The molecule has 0 bridgehead atoms. The monoisotopic (exact) mass is 368 g/mol. The summed E-state index contributed by atoms with van der Waals surface area (Å²) in [7, 11) is 3.19. The van der Waals surface area contributed by atoms with Gasteiger partial charge in [-0.25, -0.2) is 4.39 Å². The van der Waals surface area contributed by atoms with Crippen molar-refractivity contribution in [3.63, 3.8) is 0 Å². The molecule has 0 N–H and O–H groups in total. The highest BCUT2D eigenvalue weighted by atomic mass is 19.4. The lowest BCUT2D eigenvalue weighted by Gasteiger charge is -2.23. The van der Waals surface area contributed by atoms with Gasteiger partial charge in [-0.15, -0.1) is 0 Å². The Morgan fingerprint density at radius 2 is 1.58 bits per heavy atom. The zero-order valence-electron chi connectivity index (χ0n) is 14.6. The minimum Gasteiger partial charge on any atom is -0.340 e. The normalized spacial score (nSPS) is 11.7. The number of amides is 1. The van der Waals surface area contributed by atoms with Crippen LogP contribution < -0.4 is 0 Å². The van der Waals surface area contributed by atoms with Crippen LogP contribution in [0.4, 0.5) is 17.6 Å². The number of hydrogen-bond donors (Lipinski definition) is 0. The molecule has 26 heavy (non-hydrogen) atoms. The van der Waals surface area contributed by atoms with E-state index in [-0.39, 0.29) is 30.4 Å². The van der Waals surface area contributed by atoms with E-state index < -0.39 is 11.7 Å². The van der Waals surface area contributed by atoms with Gasteiger partial charge in [-0.3, -0.25) is 9.69 Å². The van der Waals surface area contributed by atoms with Crippen molar-refractivity contribution in [3.8, 4) is 0 Å². The zero-order chi connectivity index (χ0) is 19.3. The summed E-state index contributed by atoms with van der Waals surface area (Å²) in [5.74, 6) is -0.591. The van der Waals surface area contributed by atoms with E-state index in [1.807, 2.05) is 0 Å². The van der Waals surface area contributed by atoms with Crippen molar-refractivity contribution in [2.45, 2.75) is 19.3 Å². The molecule has 0 spiro atoms. The third-order valence-electron chi connectivity index (χ3n) is 3.93. The van der Waals surface area contributed by atoms with Crippen LogP contribution in [0.15, 0.2) is 48.5 Å². The number of likely N-dealkylation sites (N-methyl/N-ethyl adjacent to an activating group) is 2. The van der Waals surface area contributed by atoms with E-state index in [0.717, 1.165) is 11.6 Å². The summed E-state index contributed by atoms with van der Waals surface area (Å²) >= 11 is 0. The first-order valence-corrected chi connectivity index (χ1v) is 7.99. The Balaban J connectivity index is 1.96. The molecule has 140 valence electrons. The first-order chi connectivity index (χ1) is 12.2. The molecule has 0 aliphatic rings. The van der Waals surface area contributed by atoms with Gasteiger partial charge < -0.3 is 4.90 Å². The highest BCUT2D eigenvalue weighted by Gasteiger charge is 2.33. The van der Waals surface area contributed by atoms with Crippen molar-refractivity contribution in [3.05, 3.63) is 71.0 Å². The number of halogens is 4. The predicted octanol–water partition coefficient (Wildman–Crippen LogP) is 3.93. The first kappa shape index (κ1) is 19.9. The Bertz CT molecular complexity index is 744. The Morgan fingerprint density at radius 1 is 0.962 bits per heavy atom. The van der Waals surface area contributed by atoms with Crippen molar-refractivity contribution in [2.75, 3.05) is 20.6 Å². The molecule has 0 aliphatic heterocycles. The van der Waals surface area contributed by atoms with Crippen LogP contribution in [0.1, 0.15) is 16.7 Å². The van der Waals surface area contributed by atoms with Crippen LogP contribution in [-0.4, -0.2) is 36.3 Å². The van der Waals surface area contributed by atoms with Crippen molar-refractivity contribution in [2.24, 2.45) is 0 Å². The minimum absolute atomic E-state index is 0.00577. The molecule has 0 radical (unpaired) electrons. The Kier molecular flexibility index (Phi) is 6.37. The first-order valence-electron chi connectivity index (χ1n) is 7.99. The summed E-state index contributed by atoms with van der Waals surface area (Å²) in [6.45, 7) is 0.280. The number of rotatable bonds is 6. The Hall–Kier alpha value is -2.41. The molecular formula is C19H20F4N2O. The maximum absolute atomic E-state index is 13.0. The van der Waals surface area contributed by atoms with Crippen molar-refractivity contribution in [1.29, 1.82) is 0 Å². The fourth-order valence-electron chi connectivity index (χ4n) is 2.58. The van der Waals surface area contributed by atoms with Crippen molar-refractivity contribution < 1.29 is 22.4 Å². The van der Waals surface area contributed by atoms with E-state index in [1.165, 1.54) is 34.1 Å². The largest absolute Gasteiger partial charge is 0.416 e. The van der Waals surface area contributed by atoms with Gasteiger partial charge in [0.2, 0.25) is 5.91 Å². The van der Waals surface area contributed by atoms with Crippen molar-refractivity contribution >= 4 is 5.91 Å². The molecule has 2 aromatic rings. The second-order valence-corrected chi connectivity index (χ2v) is 6.20. The molecule has 0 atom stereocenters. The maximum atomic E-state index is 13.0. The third kappa shape index (κ3) is 5.56. The Labute approximate surface area is 149 Å². The number of benzene rings is 2. The van der Waals surface area contributed by atoms with Gasteiger partial charge in [0.05, 0.1) is 12.1 Å². The summed E-state index contributed by atoms with van der Waals surface area (Å²) in [5, 5.41) is 0.